The first kappa shape index (κ1) is 29.8. The van der Waals surface area contributed by atoms with Crippen LogP contribution in [0.2, 0.25) is 0 Å². The van der Waals surface area contributed by atoms with E-state index >= 15 is 8.78 Å². The number of nitrogens with two attached hydrogens (primary N) is 1. The van der Waals surface area contributed by atoms with E-state index in [4.69, 9.17) is 30.5 Å². The molecule has 0 aliphatic carbocycles. The number of aryl methyl sites for hydroxylation is 1. The van der Waals surface area contributed by atoms with Crippen molar-refractivity contribution in [1.82, 2.24) is 9.88 Å². The van der Waals surface area contributed by atoms with Gasteiger partial charge in [0.25, 0.3) is 11.8 Å². The van der Waals surface area contributed by atoms with E-state index in [2.05, 4.69) is 9.98 Å². The van der Waals surface area contributed by atoms with E-state index in [1.807, 2.05) is 18.0 Å². The number of nitrogens with one attached hydrogen (secondary N) is 1. The van der Waals surface area contributed by atoms with Gasteiger partial charge in [-0.2, -0.15) is 13.8 Å². The van der Waals surface area contributed by atoms with E-state index in [-0.39, 0.29) is 41.5 Å². The van der Waals surface area contributed by atoms with Crippen LogP contribution in [-0.4, -0.2) is 57.9 Å². The standard InChI is InChI=1S/C31H27F2N5O6/c1-38-13-12-36-29(38)19-5-3-7-21(15-19)43-30-25(32)27(42-20-6-2-4-17(14-20)8-11-24(40)41)26(33)31(37-30)44-23-16-18(28(34)35)9-10-22(23)39/h2-7,9-10,14-16,39H,8,11-13H2,1H3,(H3,34,35)(H,40,41). The molecule has 226 valence electrons. The summed E-state index contributed by atoms with van der Waals surface area (Å²) in [6, 6.07) is 16.5. The average molecular weight is 604 g/mol. The summed E-state index contributed by atoms with van der Waals surface area (Å²) in [5, 5.41) is 27.0. The number of benzene rings is 3. The Morgan fingerprint density at radius 3 is 2.39 bits per heavy atom. The fraction of sp³-hybridized carbons (Fsp3) is 0.161. The molecule has 0 saturated carbocycles. The third kappa shape index (κ3) is 6.67. The third-order valence-electron chi connectivity index (χ3n) is 6.57. The minimum absolute atomic E-state index is 0.0134. The normalized spacial score (nSPS) is 12.5. The lowest BCUT2D eigenvalue weighted by Crippen LogP contribution is -2.23. The highest BCUT2D eigenvalue weighted by atomic mass is 19.1. The molecule has 1 aromatic heterocycles. The van der Waals surface area contributed by atoms with E-state index < -0.39 is 40.9 Å². The van der Waals surface area contributed by atoms with Gasteiger partial charge in [-0.3, -0.25) is 15.2 Å². The van der Waals surface area contributed by atoms with Gasteiger partial charge in [0.2, 0.25) is 17.4 Å². The molecule has 0 unspecified atom stereocenters. The quantitative estimate of drug-likeness (QED) is 0.129. The number of halogens is 2. The molecule has 44 heavy (non-hydrogen) atoms. The van der Waals surface area contributed by atoms with Gasteiger partial charge in [0, 0.05) is 31.1 Å². The fourth-order valence-electron chi connectivity index (χ4n) is 4.36. The minimum atomic E-state index is -1.35. The Kier molecular flexibility index (Phi) is 8.56. The summed E-state index contributed by atoms with van der Waals surface area (Å²) >= 11 is 0. The number of ether oxygens (including phenoxy) is 3. The van der Waals surface area contributed by atoms with Gasteiger partial charge in [0.05, 0.1) is 6.54 Å². The summed E-state index contributed by atoms with van der Waals surface area (Å²) in [6.07, 6.45) is 0.0145. The Bertz CT molecular complexity index is 1780. The summed E-state index contributed by atoms with van der Waals surface area (Å²) < 4.78 is 48.6. The zero-order valence-corrected chi connectivity index (χ0v) is 23.4. The van der Waals surface area contributed by atoms with E-state index in [1.165, 1.54) is 30.3 Å². The Labute approximate surface area is 250 Å². The fourth-order valence-corrected chi connectivity index (χ4v) is 4.36. The van der Waals surface area contributed by atoms with Crippen molar-refractivity contribution in [2.45, 2.75) is 12.8 Å². The average Bonchev–Trinajstić information content (AvgIpc) is 3.43. The van der Waals surface area contributed by atoms with E-state index in [0.29, 0.717) is 17.7 Å². The zero-order valence-electron chi connectivity index (χ0n) is 23.4. The topological polar surface area (TPSA) is 164 Å². The SMILES string of the molecule is CN1CCN=C1c1cccc(Oc2nc(Oc3cc(C(=N)N)ccc3O)c(F)c(Oc3cccc(CCC(=O)O)c3)c2F)c1. The molecule has 0 bridgehead atoms. The monoisotopic (exact) mass is 603 g/mol. The largest absolute Gasteiger partial charge is 0.504 e. The van der Waals surface area contributed by atoms with Crippen LogP contribution in [0.3, 0.4) is 0 Å². The Morgan fingerprint density at radius 1 is 1.00 bits per heavy atom. The maximum atomic E-state index is 15.9. The number of carboxylic acids is 1. The van der Waals surface area contributed by atoms with Crippen molar-refractivity contribution in [3.8, 4) is 40.5 Å². The first-order chi connectivity index (χ1) is 21.1. The maximum Gasteiger partial charge on any atom is 0.303 e. The van der Waals surface area contributed by atoms with Crippen molar-refractivity contribution in [3.63, 3.8) is 0 Å². The molecule has 5 N–H and O–H groups in total. The molecule has 2 heterocycles. The van der Waals surface area contributed by atoms with Gasteiger partial charge in [-0.25, -0.2) is 0 Å². The van der Waals surface area contributed by atoms with Crippen LogP contribution in [0.1, 0.15) is 23.1 Å². The van der Waals surface area contributed by atoms with Crippen molar-refractivity contribution < 1.29 is 38.0 Å². The summed E-state index contributed by atoms with van der Waals surface area (Å²) in [6.45, 7) is 1.37. The van der Waals surface area contributed by atoms with Crippen molar-refractivity contribution in [2.24, 2.45) is 10.7 Å². The predicted octanol–water partition coefficient (Wildman–Crippen LogP) is 5.44. The highest BCUT2D eigenvalue weighted by Gasteiger charge is 2.27. The third-order valence-corrected chi connectivity index (χ3v) is 6.57. The number of amidine groups is 2. The van der Waals surface area contributed by atoms with Crippen LogP contribution >= 0.6 is 0 Å². The number of carbonyl (C=O) groups is 1. The van der Waals surface area contributed by atoms with Gasteiger partial charge in [-0.15, -0.1) is 0 Å². The second-order valence-electron chi connectivity index (χ2n) is 9.78. The molecule has 1 aliphatic rings. The van der Waals surface area contributed by atoms with Crippen molar-refractivity contribution in [1.29, 1.82) is 5.41 Å². The predicted molar refractivity (Wildman–Crippen MR) is 156 cm³/mol. The molecule has 0 spiro atoms. The number of pyridine rings is 1. The molecule has 3 aromatic carbocycles. The molecule has 0 amide bonds. The number of rotatable bonds is 11. The smallest absolute Gasteiger partial charge is 0.303 e. The Morgan fingerprint density at radius 2 is 1.70 bits per heavy atom. The second-order valence-corrected chi connectivity index (χ2v) is 9.78. The summed E-state index contributed by atoms with van der Waals surface area (Å²) in [5.74, 6) is -6.23. The lowest BCUT2D eigenvalue weighted by molar-refractivity contribution is -0.136. The van der Waals surface area contributed by atoms with Gasteiger partial charge < -0.3 is 35.1 Å². The number of hydrogen-bond donors (Lipinski definition) is 4. The lowest BCUT2D eigenvalue weighted by atomic mass is 10.1. The molecule has 11 nitrogen and oxygen atoms in total. The number of phenolic OH excluding ortho intramolecular Hbond substituents is 1. The van der Waals surface area contributed by atoms with Crippen LogP contribution < -0.4 is 19.9 Å². The molecular weight excluding hydrogens is 576 g/mol. The van der Waals surface area contributed by atoms with Gasteiger partial charge in [-0.05, 0) is 54.4 Å². The van der Waals surface area contributed by atoms with Crippen molar-refractivity contribution in [2.75, 3.05) is 20.1 Å². The molecule has 4 aromatic rings. The number of nitrogen functional groups attached to an aromatic ring is 1. The number of phenols is 1. The van der Waals surface area contributed by atoms with Gasteiger partial charge in [0.15, 0.2) is 11.5 Å². The first-order valence-electron chi connectivity index (χ1n) is 13.4. The van der Waals surface area contributed by atoms with E-state index in [0.717, 1.165) is 12.4 Å². The van der Waals surface area contributed by atoms with Crippen LogP contribution in [0, 0.1) is 17.0 Å². The number of aromatic nitrogens is 1. The molecule has 0 fully saturated rings. The van der Waals surface area contributed by atoms with Crippen LogP contribution in [0.5, 0.6) is 40.5 Å². The van der Waals surface area contributed by atoms with Crippen LogP contribution in [0.4, 0.5) is 8.78 Å². The summed E-state index contributed by atoms with van der Waals surface area (Å²) in [5.41, 5.74) is 6.98. The molecule has 5 rings (SSSR count). The van der Waals surface area contributed by atoms with Crippen LogP contribution in [-0.2, 0) is 11.2 Å². The number of carboxylic acid groups (broad SMARTS) is 1. The molecule has 0 atom stereocenters. The van der Waals surface area contributed by atoms with Gasteiger partial charge in [0.1, 0.15) is 23.2 Å². The summed E-state index contributed by atoms with van der Waals surface area (Å²) in [7, 11) is 1.89. The first-order valence-corrected chi connectivity index (χ1v) is 13.4. The van der Waals surface area contributed by atoms with Crippen LogP contribution in [0.15, 0.2) is 71.7 Å². The van der Waals surface area contributed by atoms with E-state index in [9.17, 15) is 9.90 Å². The number of likely N-dealkylation sites (N-methyl/N-ethyl adjacent to an activating group) is 1. The number of aliphatic carboxylic acids is 1. The van der Waals surface area contributed by atoms with Crippen molar-refractivity contribution >= 4 is 17.6 Å². The van der Waals surface area contributed by atoms with Gasteiger partial charge >= 0.3 is 5.97 Å². The summed E-state index contributed by atoms with van der Waals surface area (Å²) in [4.78, 5) is 21.3. The Balaban J connectivity index is 1.55. The molecular formula is C31H27F2N5O6. The maximum absolute atomic E-state index is 15.9. The van der Waals surface area contributed by atoms with Crippen LogP contribution in [0.25, 0.3) is 0 Å². The van der Waals surface area contributed by atoms with E-state index in [1.54, 1.807) is 30.3 Å². The molecule has 0 radical (unpaired) electrons. The zero-order chi connectivity index (χ0) is 31.4. The molecule has 0 saturated heterocycles. The minimum Gasteiger partial charge on any atom is -0.504 e. The van der Waals surface area contributed by atoms with Crippen molar-refractivity contribution in [3.05, 3.63) is 95.1 Å². The molecule has 1 aliphatic heterocycles. The Hall–Kier alpha value is -5.72. The van der Waals surface area contributed by atoms with Gasteiger partial charge in [-0.1, -0.05) is 24.3 Å². The number of nitrogens with zero attached hydrogens (tertiary/aromatic N) is 3. The number of aromatic hydroxyl groups is 1. The highest BCUT2D eigenvalue weighted by Crippen LogP contribution is 2.41. The lowest BCUT2D eigenvalue weighted by Gasteiger charge is -2.16. The highest BCUT2D eigenvalue weighted by molar-refractivity contribution is 6.00. The second kappa shape index (κ2) is 12.7. The number of aliphatic imine (C=N–C) groups is 1. The number of hydrogen-bond acceptors (Lipinski definition) is 9. The molecule has 13 heteroatoms.